The third kappa shape index (κ3) is 6.76. The summed E-state index contributed by atoms with van der Waals surface area (Å²) in [5, 5.41) is 19.3. The van der Waals surface area contributed by atoms with E-state index in [2.05, 4.69) is 15.3 Å². The van der Waals surface area contributed by atoms with E-state index in [-0.39, 0.29) is 23.7 Å². The smallest absolute Gasteiger partial charge is 0.290 e. The van der Waals surface area contributed by atoms with Crippen LogP contribution < -0.4 is 15.8 Å². The molecule has 0 spiro atoms. The van der Waals surface area contributed by atoms with Crippen LogP contribution in [0.25, 0.3) is 16.9 Å². The first-order valence-corrected chi connectivity index (χ1v) is 13.9. The Labute approximate surface area is 252 Å². The fraction of sp³-hybridized carbons (Fsp3) is 0.323. The lowest BCUT2D eigenvalue weighted by Crippen LogP contribution is -2.40. The molecule has 4 N–H and O–H groups in total. The molecule has 0 bridgehead atoms. The summed E-state index contributed by atoms with van der Waals surface area (Å²) in [6.45, 7) is 6.61. The number of nitrogens with one attached hydrogen (secondary N) is 1. The number of carbonyl (C=O) groups is 2. The second kappa shape index (κ2) is 13.5. The maximum atomic E-state index is 15.2. The first-order valence-electron chi connectivity index (χ1n) is 13.9. The Hall–Kier alpha value is -5.09. The maximum absolute atomic E-state index is 15.2. The van der Waals surface area contributed by atoms with Crippen LogP contribution in [0.5, 0.6) is 5.75 Å². The number of ether oxygens (including phenoxy) is 1. The minimum atomic E-state index is -1.32. The molecule has 13 heteroatoms. The first-order chi connectivity index (χ1) is 21.0. The molecule has 0 radical (unpaired) electrons. The van der Waals surface area contributed by atoms with Gasteiger partial charge in [-0.15, -0.1) is 0 Å². The summed E-state index contributed by atoms with van der Waals surface area (Å²) >= 11 is 0. The Morgan fingerprint density at radius 3 is 2.57 bits per heavy atom. The Kier molecular flexibility index (Phi) is 9.75. The van der Waals surface area contributed by atoms with E-state index in [1.165, 1.54) is 38.4 Å². The SMILES string of the molecule is Cc1cc(Nc2nccn3c(-c4ccc(OC(C)(C)C#N)c(F)c4F)cnc23)ccc1C(=O)N1CCC(CN)CC1.O=CO. The fourth-order valence-electron chi connectivity index (χ4n) is 4.97. The summed E-state index contributed by atoms with van der Waals surface area (Å²) in [5.74, 6) is -1.79. The summed E-state index contributed by atoms with van der Waals surface area (Å²) in [5.41, 5.74) is 7.29. The molecule has 1 amide bonds. The number of halogens is 2. The molecule has 0 saturated carbocycles. The monoisotopic (exact) mass is 605 g/mol. The third-order valence-electron chi connectivity index (χ3n) is 7.34. The summed E-state index contributed by atoms with van der Waals surface area (Å²) in [4.78, 5) is 32.2. The van der Waals surface area contributed by atoms with Gasteiger partial charge in [0.25, 0.3) is 12.4 Å². The van der Waals surface area contributed by atoms with Crippen molar-refractivity contribution in [2.45, 2.75) is 39.2 Å². The van der Waals surface area contributed by atoms with Gasteiger partial charge < -0.3 is 25.8 Å². The standard InChI is InChI=1S/C30H31F2N7O2.CH2O2/c1-18-14-20(4-5-21(18)29(40)38-11-8-19(15-33)9-12-38)37-27-28-36-16-23(39(28)13-10-35-27)22-6-7-24(26(32)25(22)31)41-30(2,3)17-34;2-1-3/h4-7,10,13-14,16,19H,8-9,11-12,15,33H2,1-3H3,(H,35,37);1H,(H,2,3). The quantitative estimate of drug-likeness (QED) is 0.249. The number of fused-ring (bicyclic) bond motifs is 1. The zero-order valence-corrected chi connectivity index (χ0v) is 24.6. The van der Waals surface area contributed by atoms with E-state index in [1.54, 1.807) is 22.7 Å². The summed E-state index contributed by atoms with van der Waals surface area (Å²) in [6.07, 6.45) is 6.38. The van der Waals surface area contributed by atoms with Crippen molar-refractivity contribution in [3.8, 4) is 23.1 Å². The second-order valence-corrected chi connectivity index (χ2v) is 10.8. The Morgan fingerprint density at radius 1 is 1.23 bits per heavy atom. The van der Waals surface area contributed by atoms with Gasteiger partial charge in [0.1, 0.15) is 6.07 Å². The lowest BCUT2D eigenvalue weighted by Gasteiger charge is -2.31. The van der Waals surface area contributed by atoms with Gasteiger partial charge in [0.05, 0.1) is 11.9 Å². The number of amides is 1. The molecular weight excluding hydrogens is 572 g/mol. The molecule has 230 valence electrons. The number of nitrogens with zero attached hydrogens (tertiary/aromatic N) is 5. The zero-order valence-electron chi connectivity index (χ0n) is 24.6. The summed E-state index contributed by atoms with van der Waals surface area (Å²) < 4.78 is 37.0. The lowest BCUT2D eigenvalue weighted by molar-refractivity contribution is -0.122. The van der Waals surface area contributed by atoms with Gasteiger partial charge in [-0.3, -0.25) is 14.0 Å². The minimum absolute atomic E-state index is 0.00418. The van der Waals surface area contributed by atoms with Crippen molar-refractivity contribution in [3.05, 3.63) is 71.7 Å². The number of anilines is 2. The average Bonchev–Trinajstić information content (AvgIpc) is 3.45. The van der Waals surface area contributed by atoms with E-state index in [1.807, 2.05) is 24.0 Å². The van der Waals surface area contributed by atoms with Crippen molar-refractivity contribution < 1.29 is 28.2 Å². The highest BCUT2D eigenvalue weighted by Crippen LogP contribution is 2.33. The van der Waals surface area contributed by atoms with Crippen molar-refractivity contribution >= 4 is 29.5 Å². The molecule has 0 atom stereocenters. The number of nitriles is 1. The highest BCUT2D eigenvalue weighted by molar-refractivity contribution is 5.96. The molecule has 1 fully saturated rings. The molecular formula is C31H33F2N7O4. The van der Waals surface area contributed by atoms with Gasteiger partial charge in [-0.1, -0.05) is 0 Å². The average molecular weight is 606 g/mol. The van der Waals surface area contributed by atoms with Gasteiger partial charge in [0.2, 0.25) is 5.82 Å². The fourth-order valence-corrected chi connectivity index (χ4v) is 4.97. The third-order valence-corrected chi connectivity index (χ3v) is 7.34. The number of aryl methyl sites for hydroxylation is 1. The summed E-state index contributed by atoms with van der Waals surface area (Å²) in [6, 6.07) is 10.0. The normalized spacial score (nSPS) is 13.5. The topological polar surface area (TPSA) is 159 Å². The van der Waals surface area contributed by atoms with Crippen LogP contribution in [0.1, 0.15) is 42.6 Å². The van der Waals surface area contributed by atoms with Gasteiger partial charge in [-0.25, -0.2) is 14.4 Å². The van der Waals surface area contributed by atoms with E-state index < -0.39 is 17.2 Å². The number of rotatable bonds is 7. The van der Waals surface area contributed by atoms with E-state index in [0.717, 1.165) is 18.4 Å². The molecule has 11 nitrogen and oxygen atoms in total. The number of piperidine rings is 1. The van der Waals surface area contributed by atoms with Gasteiger partial charge in [0, 0.05) is 42.3 Å². The first kappa shape index (κ1) is 31.8. The molecule has 1 aliphatic heterocycles. The zero-order chi connectivity index (χ0) is 32.0. The molecule has 3 heterocycles. The number of nitrogens with two attached hydrogens (primary N) is 1. The maximum Gasteiger partial charge on any atom is 0.290 e. The molecule has 2 aromatic heterocycles. The van der Waals surface area contributed by atoms with Crippen LogP contribution in [0.2, 0.25) is 0 Å². The number of carbonyl (C=O) groups excluding carboxylic acids is 1. The van der Waals surface area contributed by atoms with E-state index in [4.69, 9.17) is 25.6 Å². The minimum Gasteiger partial charge on any atom is -0.483 e. The van der Waals surface area contributed by atoms with Crippen LogP contribution >= 0.6 is 0 Å². The Balaban J connectivity index is 0.00000141. The summed E-state index contributed by atoms with van der Waals surface area (Å²) in [7, 11) is 0. The second-order valence-electron chi connectivity index (χ2n) is 10.8. The van der Waals surface area contributed by atoms with Crippen LogP contribution in [-0.2, 0) is 4.79 Å². The number of hydrogen-bond acceptors (Lipinski definition) is 8. The number of imidazole rings is 1. The Bertz CT molecular complexity index is 1710. The van der Waals surface area contributed by atoms with Crippen molar-refractivity contribution in [3.63, 3.8) is 0 Å². The predicted molar refractivity (Wildman–Crippen MR) is 159 cm³/mol. The lowest BCUT2D eigenvalue weighted by atomic mass is 9.96. The van der Waals surface area contributed by atoms with Crippen LogP contribution in [0.15, 0.2) is 48.9 Å². The van der Waals surface area contributed by atoms with E-state index >= 15 is 4.39 Å². The van der Waals surface area contributed by atoms with Crippen molar-refractivity contribution in [2.24, 2.45) is 11.7 Å². The predicted octanol–water partition coefficient (Wildman–Crippen LogP) is 4.92. The molecule has 0 aliphatic carbocycles. The number of likely N-dealkylation sites (tertiary alicyclic amines) is 1. The van der Waals surface area contributed by atoms with Crippen molar-refractivity contribution in [2.75, 3.05) is 25.0 Å². The molecule has 4 aromatic rings. The molecule has 2 aromatic carbocycles. The van der Waals surface area contributed by atoms with Gasteiger partial charge in [0.15, 0.2) is 28.6 Å². The van der Waals surface area contributed by atoms with Crippen LogP contribution in [0, 0.1) is 35.8 Å². The van der Waals surface area contributed by atoms with Crippen LogP contribution in [0.3, 0.4) is 0 Å². The van der Waals surface area contributed by atoms with Crippen LogP contribution in [-0.4, -0.2) is 62.0 Å². The Morgan fingerprint density at radius 2 is 1.93 bits per heavy atom. The molecule has 0 unspecified atom stereocenters. The molecule has 1 saturated heterocycles. The molecule has 1 aliphatic rings. The van der Waals surface area contributed by atoms with Crippen molar-refractivity contribution in [1.29, 1.82) is 5.26 Å². The van der Waals surface area contributed by atoms with Crippen molar-refractivity contribution in [1.82, 2.24) is 19.3 Å². The van der Waals surface area contributed by atoms with E-state index in [0.29, 0.717) is 54.0 Å². The van der Waals surface area contributed by atoms with Gasteiger partial charge >= 0.3 is 0 Å². The largest absolute Gasteiger partial charge is 0.483 e. The number of benzene rings is 2. The number of hydrogen-bond donors (Lipinski definition) is 3. The van der Waals surface area contributed by atoms with Crippen LogP contribution in [0.4, 0.5) is 20.3 Å². The number of aromatic nitrogens is 3. The van der Waals surface area contributed by atoms with E-state index in [9.17, 15) is 9.18 Å². The highest BCUT2D eigenvalue weighted by Gasteiger charge is 2.26. The van der Waals surface area contributed by atoms with Gasteiger partial charge in [-0.2, -0.15) is 9.65 Å². The van der Waals surface area contributed by atoms with Gasteiger partial charge in [-0.05, 0) is 82.0 Å². The number of carboxylic acid groups (broad SMARTS) is 1. The molecule has 44 heavy (non-hydrogen) atoms. The molecule has 5 rings (SSSR count). The highest BCUT2D eigenvalue weighted by atomic mass is 19.2.